The van der Waals surface area contributed by atoms with E-state index < -0.39 is 53.7 Å². The van der Waals surface area contributed by atoms with Crippen molar-refractivity contribution < 1.29 is 42.8 Å². The normalized spacial score (nSPS) is 34.6. The lowest BCUT2D eigenvalue weighted by Crippen LogP contribution is -2.63. The molecule has 0 bridgehead atoms. The molecule has 0 aromatic rings. The van der Waals surface area contributed by atoms with Crippen LogP contribution in [0.4, 0.5) is 4.39 Å². The minimum atomic E-state index is -2.31. The summed E-state index contributed by atoms with van der Waals surface area (Å²) in [5, 5.41) is 10.1. The van der Waals surface area contributed by atoms with Crippen LogP contribution in [0.5, 0.6) is 0 Å². The molecule has 1 fully saturated rings. The second-order valence-electron chi connectivity index (χ2n) is 4.62. The van der Waals surface area contributed by atoms with E-state index >= 15 is 0 Å². The van der Waals surface area contributed by atoms with Gasteiger partial charge in [0.15, 0.2) is 12.3 Å². The topological polar surface area (TPSA) is 108 Å². The third kappa shape index (κ3) is 4.89. The third-order valence-corrected chi connectivity index (χ3v) is 3.32. The van der Waals surface area contributed by atoms with Gasteiger partial charge < -0.3 is 24.1 Å². The average Bonchev–Trinajstić information content (AvgIpc) is 2.35. The van der Waals surface area contributed by atoms with Crippen molar-refractivity contribution in [3.8, 4) is 0 Å². The van der Waals surface area contributed by atoms with E-state index in [0.29, 0.717) is 0 Å². The van der Waals surface area contributed by atoms with Crippen LogP contribution in [-0.4, -0.2) is 58.8 Å². The summed E-state index contributed by atoms with van der Waals surface area (Å²) < 4.78 is 31.3. The van der Waals surface area contributed by atoms with Gasteiger partial charge in [-0.15, -0.1) is 0 Å². The summed E-state index contributed by atoms with van der Waals surface area (Å²) in [5.74, 6) is -2.37. The summed E-state index contributed by atoms with van der Waals surface area (Å²) in [4.78, 5) is 33.0. The molecule has 1 N–H and O–H groups in total. The molecule has 1 saturated heterocycles. The van der Waals surface area contributed by atoms with Crippen molar-refractivity contribution in [2.24, 2.45) is 0 Å². The fourth-order valence-corrected chi connectivity index (χ4v) is 2.48. The van der Waals surface area contributed by atoms with Crippen molar-refractivity contribution in [1.29, 1.82) is 0 Å². The SMILES string of the molecule is CC(=O)OC[C@H]1O[C@@](O)(Br)[C@H](OC(C)=O)[C@@H](OC(C)=O)[C@@H]1F. The Balaban J connectivity index is 3.01. The first-order chi connectivity index (χ1) is 10.0. The van der Waals surface area contributed by atoms with Crippen molar-refractivity contribution in [2.75, 3.05) is 6.61 Å². The minimum absolute atomic E-state index is 0.519. The fraction of sp³-hybridized carbons (Fsp3) is 0.750. The van der Waals surface area contributed by atoms with Gasteiger partial charge in [-0.3, -0.25) is 14.4 Å². The highest BCUT2D eigenvalue weighted by atomic mass is 79.9. The Morgan fingerprint density at radius 1 is 1.18 bits per heavy atom. The average molecular weight is 387 g/mol. The van der Waals surface area contributed by atoms with Gasteiger partial charge >= 0.3 is 17.9 Å². The first-order valence-corrected chi connectivity index (χ1v) is 7.05. The zero-order chi connectivity index (χ0) is 17.1. The molecule has 1 aliphatic rings. The Kier molecular flexibility index (Phi) is 6.27. The van der Waals surface area contributed by atoms with Crippen LogP contribution < -0.4 is 0 Å². The lowest BCUT2D eigenvalue weighted by molar-refractivity contribution is -0.297. The molecular formula is C12H16BrFO8. The molecule has 0 aromatic heterocycles. The molecule has 0 aliphatic carbocycles. The molecule has 126 valence electrons. The smallest absolute Gasteiger partial charge is 0.303 e. The summed E-state index contributed by atoms with van der Waals surface area (Å²) in [7, 11) is 0. The lowest BCUT2D eigenvalue weighted by atomic mass is 10.00. The monoisotopic (exact) mass is 386 g/mol. The minimum Gasteiger partial charge on any atom is -0.463 e. The van der Waals surface area contributed by atoms with E-state index in [4.69, 9.17) is 14.2 Å². The Morgan fingerprint density at radius 3 is 2.18 bits per heavy atom. The molecule has 8 nitrogen and oxygen atoms in total. The van der Waals surface area contributed by atoms with Crippen LogP contribution in [0.1, 0.15) is 20.8 Å². The van der Waals surface area contributed by atoms with Crippen LogP contribution in [0.3, 0.4) is 0 Å². The highest BCUT2D eigenvalue weighted by molar-refractivity contribution is 9.10. The van der Waals surface area contributed by atoms with Gasteiger partial charge in [0.05, 0.1) is 0 Å². The van der Waals surface area contributed by atoms with Crippen LogP contribution >= 0.6 is 15.9 Å². The summed E-state index contributed by atoms with van der Waals surface area (Å²) >= 11 is 2.75. The number of hydrogen-bond donors (Lipinski definition) is 1. The largest absolute Gasteiger partial charge is 0.463 e. The molecule has 0 radical (unpaired) electrons. The first kappa shape index (κ1) is 18.8. The van der Waals surface area contributed by atoms with E-state index in [-0.39, 0.29) is 0 Å². The van der Waals surface area contributed by atoms with E-state index in [2.05, 4.69) is 20.7 Å². The molecule has 5 atom stereocenters. The molecule has 1 aliphatic heterocycles. The van der Waals surface area contributed by atoms with Crippen molar-refractivity contribution >= 4 is 33.8 Å². The second-order valence-corrected chi connectivity index (χ2v) is 5.75. The Labute approximate surface area is 134 Å². The first-order valence-electron chi connectivity index (χ1n) is 6.25. The van der Waals surface area contributed by atoms with Crippen LogP contribution in [0.25, 0.3) is 0 Å². The molecule has 22 heavy (non-hydrogen) atoms. The zero-order valence-electron chi connectivity index (χ0n) is 12.1. The molecule has 1 heterocycles. The van der Waals surface area contributed by atoms with E-state index in [1.54, 1.807) is 0 Å². The molecule has 0 spiro atoms. The van der Waals surface area contributed by atoms with E-state index in [1.165, 1.54) is 0 Å². The van der Waals surface area contributed by atoms with Crippen LogP contribution in [0.15, 0.2) is 0 Å². The maximum absolute atomic E-state index is 14.5. The second kappa shape index (κ2) is 7.34. The molecule has 10 heteroatoms. The molecule has 0 unspecified atom stereocenters. The van der Waals surface area contributed by atoms with Crippen molar-refractivity contribution in [3.63, 3.8) is 0 Å². The van der Waals surface area contributed by atoms with Crippen LogP contribution in [-0.2, 0) is 33.3 Å². The maximum Gasteiger partial charge on any atom is 0.303 e. The van der Waals surface area contributed by atoms with Crippen LogP contribution in [0.2, 0.25) is 0 Å². The summed E-state index contributed by atoms with van der Waals surface area (Å²) in [6.45, 7) is 2.66. The molecule has 0 saturated carbocycles. The van der Waals surface area contributed by atoms with Gasteiger partial charge in [0.25, 0.3) is 4.70 Å². The highest BCUT2D eigenvalue weighted by Gasteiger charge is 2.57. The number of carbonyl (C=O) groups is 3. The van der Waals surface area contributed by atoms with Gasteiger partial charge in [-0.1, -0.05) is 0 Å². The fourth-order valence-electron chi connectivity index (χ4n) is 1.89. The molecule has 1 rings (SSSR count). The Hall–Kier alpha value is -1.26. The summed E-state index contributed by atoms with van der Waals surface area (Å²) in [6.07, 6.45) is -6.70. The van der Waals surface area contributed by atoms with E-state index in [0.717, 1.165) is 20.8 Å². The maximum atomic E-state index is 14.5. The van der Waals surface area contributed by atoms with Crippen molar-refractivity contribution in [3.05, 3.63) is 0 Å². The van der Waals surface area contributed by atoms with E-state index in [1.807, 2.05) is 0 Å². The number of aliphatic hydroxyl groups is 1. The predicted octanol–water partition coefficient (Wildman–Crippen LogP) is 0.191. The Morgan fingerprint density at radius 2 is 1.73 bits per heavy atom. The highest BCUT2D eigenvalue weighted by Crippen LogP contribution is 2.37. The third-order valence-electron chi connectivity index (χ3n) is 2.68. The molecule has 0 aromatic carbocycles. The summed E-state index contributed by atoms with van der Waals surface area (Å²) in [5.41, 5.74) is 0. The quantitative estimate of drug-likeness (QED) is 0.414. The Bertz CT molecular complexity index is 454. The van der Waals surface area contributed by atoms with Gasteiger partial charge in [0.1, 0.15) is 12.7 Å². The number of ether oxygens (including phenoxy) is 4. The van der Waals surface area contributed by atoms with Gasteiger partial charge in [0, 0.05) is 20.8 Å². The number of esters is 3. The molecule has 0 amide bonds. The van der Waals surface area contributed by atoms with Gasteiger partial charge in [-0.05, 0) is 15.9 Å². The zero-order valence-corrected chi connectivity index (χ0v) is 13.7. The number of halogens is 2. The van der Waals surface area contributed by atoms with E-state index in [9.17, 15) is 23.9 Å². The van der Waals surface area contributed by atoms with Crippen molar-refractivity contribution in [2.45, 2.75) is 50.0 Å². The van der Waals surface area contributed by atoms with Crippen molar-refractivity contribution in [1.82, 2.24) is 0 Å². The standard InChI is InChI=1S/C12H16BrFO8/c1-5(15)19-4-8-9(14)10(20-6(2)16)11(21-7(3)17)12(13,18)22-8/h8-11,18H,4H2,1-3H3/t8-,9-,10+,11-,12-/m1/s1. The number of alkyl halides is 2. The number of rotatable bonds is 4. The number of carbonyl (C=O) groups excluding carboxylic acids is 3. The predicted molar refractivity (Wildman–Crippen MR) is 71.4 cm³/mol. The van der Waals surface area contributed by atoms with Gasteiger partial charge in [0.2, 0.25) is 6.10 Å². The van der Waals surface area contributed by atoms with Gasteiger partial charge in [-0.25, -0.2) is 4.39 Å². The molecular weight excluding hydrogens is 371 g/mol. The number of hydrogen-bond acceptors (Lipinski definition) is 8. The lowest BCUT2D eigenvalue weighted by Gasteiger charge is -2.44. The summed E-state index contributed by atoms with van der Waals surface area (Å²) in [6, 6.07) is 0. The van der Waals surface area contributed by atoms with Crippen LogP contribution in [0, 0.1) is 0 Å². The van der Waals surface area contributed by atoms with Gasteiger partial charge in [-0.2, -0.15) is 0 Å².